The van der Waals surface area contributed by atoms with E-state index in [0.29, 0.717) is 55.4 Å². The Bertz CT molecular complexity index is 1770. The number of carboxylic acids is 2. The molecule has 4 aromatic carbocycles. The molecule has 0 fully saturated rings. The molecule has 14 heteroatoms. The van der Waals surface area contributed by atoms with Crippen molar-refractivity contribution in [2.24, 2.45) is 0 Å². The van der Waals surface area contributed by atoms with E-state index in [1.807, 2.05) is 25.1 Å². The molecule has 1 amide bonds. The molecule has 0 aliphatic rings. The molecule has 0 spiro atoms. The summed E-state index contributed by atoms with van der Waals surface area (Å²) in [5.74, 6) is -1.06. The molecule has 4 aromatic rings. The quantitative estimate of drug-likeness (QED) is 0.0520. The van der Waals surface area contributed by atoms with Gasteiger partial charge >= 0.3 is 11.9 Å². The van der Waals surface area contributed by atoms with Crippen molar-refractivity contribution in [3.05, 3.63) is 85.6 Å². The standard InChI is InChI=1S/C33H31I4N3O7/c1-2-38-27(13-17-11-25(36)30(26(37)12-17)47-20-15-23(34)29(41)24(35)16-20)31(42)40-10-4-3-9-39-19-7-5-18-6-8-21(32(43)44)28(33(45)46)22(18)14-19/h5-8,11-12,14-16,27,38-39,41H,2-4,9-10,13H2,1H3,(H,40,42)(H,43,44)(H,45,46)/t27-/m0/s1. The van der Waals surface area contributed by atoms with Gasteiger partial charge in [-0.1, -0.05) is 19.1 Å². The molecule has 10 nitrogen and oxygen atoms in total. The maximum Gasteiger partial charge on any atom is 0.337 e. The molecule has 0 aliphatic carbocycles. The van der Waals surface area contributed by atoms with Crippen LogP contribution in [0.3, 0.4) is 0 Å². The van der Waals surface area contributed by atoms with E-state index in [1.54, 1.807) is 30.3 Å². The number of ether oxygens (including phenoxy) is 1. The number of hydrogen-bond donors (Lipinski definition) is 6. The van der Waals surface area contributed by atoms with Gasteiger partial charge in [0.15, 0.2) is 5.75 Å². The number of carbonyl (C=O) groups excluding carboxylic acids is 1. The number of aromatic carboxylic acids is 2. The third-order valence-electron chi connectivity index (χ3n) is 7.17. The molecule has 4 rings (SSSR count). The molecular weight excluding hydrogens is 1060 g/mol. The Labute approximate surface area is 326 Å². The first-order valence-electron chi connectivity index (χ1n) is 14.5. The second kappa shape index (κ2) is 17.5. The van der Waals surface area contributed by atoms with Gasteiger partial charge in [-0.25, -0.2) is 9.59 Å². The molecule has 0 saturated heterocycles. The highest BCUT2D eigenvalue weighted by Gasteiger charge is 2.21. The summed E-state index contributed by atoms with van der Waals surface area (Å²) in [6.07, 6.45) is 1.99. The number of benzene rings is 4. The largest absolute Gasteiger partial charge is 0.506 e. The van der Waals surface area contributed by atoms with Crippen molar-refractivity contribution >= 4 is 125 Å². The van der Waals surface area contributed by atoms with E-state index >= 15 is 0 Å². The zero-order valence-electron chi connectivity index (χ0n) is 25.0. The number of hydrogen-bond acceptors (Lipinski definition) is 7. The van der Waals surface area contributed by atoms with Crippen LogP contribution < -0.4 is 20.7 Å². The van der Waals surface area contributed by atoms with Crippen molar-refractivity contribution in [2.75, 3.05) is 25.0 Å². The molecule has 0 bridgehead atoms. The first kappa shape index (κ1) is 37.6. The van der Waals surface area contributed by atoms with Gasteiger partial charge in [0.05, 0.1) is 31.4 Å². The van der Waals surface area contributed by atoms with Crippen LogP contribution in [0.2, 0.25) is 0 Å². The van der Waals surface area contributed by atoms with Crippen LogP contribution in [-0.2, 0) is 11.2 Å². The number of unbranched alkanes of at least 4 members (excludes halogenated alkanes) is 1. The molecule has 1 atom stereocenters. The number of carbonyl (C=O) groups is 3. The molecule has 6 N–H and O–H groups in total. The smallest absolute Gasteiger partial charge is 0.337 e. The topological polar surface area (TPSA) is 157 Å². The van der Waals surface area contributed by atoms with Crippen LogP contribution in [0.4, 0.5) is 5.69 Å². The van der Waals surface area contributed by atoms with Crippen molar-refractivity contribution in [1.29, 1.82) is 0 Å². The third-order valence-corrected chi connectivity index (χ3v) is 10.4. The summed E-state index contributed by atoms with van der Waals surface area (Å²) in [7, 11) is 0. The minimum absolute atomic E-state index is 0.0802. The lowest BCUT2D eigenvalue weighted by molar-refractivity contribution is -0.123. The SMILES string of the molecule is CCN[C@@H](Cc1cc(I)c(Oc2cc(I)c(O)c(I)c2)c(I)c1)C(=O)NCCCCNc1ccc2ccc(C(=O)O)c(C(=O)O)c2c1. The van der Waals surface area contributed by atoms with E-state index in [-0.39, 0.29) is 22.8 Å². The molecule has 248 valence electrons. The lowest BCUT2D eigenvalue weighted by Crippen LogP contribution is -2.45. The minimum Gasteiger partial charge on any atom is -0.506 e. The summed E-state index contributed by atoms with van der Waals surface area (Å²) in [5, 5.41) is 39.7. The first-order valence-corrected chi connectivity index (χ1v) is 18.8. The van der Waals surface area contributed by atoms with Crippen LogP contribution in [0.5, 0.6) is 17.2 Å². The van der Waals surface area contributed by atoms with Crippen LogP contribution in [0, 0.1) is 14.3 Å². The summed E-state index contributed by atoms with van der Waals surface area (Å²) >= 11 is 8.63. The van der Waals surface area contributed by atoms with E-state index in [0.717, 1.165) is 31.3 Å². The van der Waals surface area contributed by atoms with Gasteiger partial charge in [-0.15, -0.1) is 0 Å². The number of phenols is 1. The lowest BCUT2D eigenvalue weighted by atomic mass is 9.98. The van der Waals surface area contributed by atoms with E-state index in [2.05, 4.69) is 106 Å². The number of amides is 1. The fraction of sp³-hybridized carbons (Fsp3) is 0.242. The normalized spacial score (nSPS) is 11.7. The first-order chi connectivity index (χ1) is 22.4. The predicted molar refractivity (Wildman–Crippen MR) is 215 cm³/mol. The summed E-state index contributed by atoms with van der Waals surface area (Å²) in [6, 6.07) is 15.4. The lowest BCUT2D eigenvalue weighted by Gasteiger charge is -2.19. The molecular formula is C33H31I4N3O7. The zero-order valence-corrected chi connectivity index (χ0v) is 33.6. The van der Waals surface area contributed by atoms with Gasteiger partial charge < -0.3 is 36.0 Å². The van der Waals surface area contributed by atoms with Crippen LogP contribution in [-0.4, -0.2) is 58.8 Å². The number of carboxylic acid groups (broad SMARTS) is 2. The number of rotatable bonds is 15. The van der Waals surface area contributed by atoms with Crippen molar-refractivity contribution in [1.82, 2.24) is 10.6 Å². The van der Waals surface area contributed by atoms with Crippen LogP contribution in [0.1, 0.15) is 46.0 Å². The Morgan fingerprint density at radius 3 is 2.09 bits per heavy atom. The predicted octanol–water partition coefficient (Wildman–Crippen LogP) is 7.68. The fourth-order valence-electron chi connectivity index (χ4n) is 4.94. The van der Waals surface area contributed by atoms with Gasteiger partial charge in [0.2, 0.25) is 5.91 Å². The summed E-state index contributed by atoms with van der Waals surface area (Å²) in [4.78, 5) is 36.5. The Balaban J connectivity index is 1.30. The second-order valence-electron chi connectivity index (χ2n) is 10.5. The van der Waals surface area contributed by atoms with Crippen LogP contribution in [0.15, 0.2) is 54.6 Å². The van der Waals surface area contributed by atoms with Gasteiger partial charge in [-0.05, 0) is 175 Å². The summed E-state index contributed by atoms with van der Waals surface area (Å²) < 4.78 is 9.44. The monoisotopic (exact) mass is 1090 g/mol. The summed E-state index contributed by atoms with van der Waals surface area (Å²) in [6.45, 7) is 3.69. The number of aromatic hydroxyl groups is 1. The molecule has 0 saturated carbocycles. The van der Waals surface area contributed by atoms with Gasteiger partial charge in [0.1, 0.15) is 11.5 Å². The van der Waals surface area contributed by atoms with Crippen LogP contribution in [0.25, 0.3) is 10.8 Å². The maximum atomic E-state index is 13.1. The average molecular weight is 1090 g/mol. The van der Waals surface area contributed by atoms with Gasteiger partial charge in [-0.3, -0.25) is 4.79 Å². The number of likely N-dealkylation sites (N-methyl/N-ethyl adjacent to an activating group) is 1. The highest BCUT2D eigenvalue weighted by atomic mass is 127. The van der Waals surface area contributed by atoms with Gasteiger partial charge in [0.25, 0.3) is 0 Å². The Kier molecular flexibility index (Phi) is 14.0. The van der Waals surface area contributed by atoms with Crippen molar-refractivity contribution in [3.63, 3.8) is 0 Å². The van der Waals surface area contributed by atoms with E-state index in [4.69, 9.17) is 4.74 Å². The van der Waals surface area contributed by atoms with Crippen LogP contribution >= 0.6 is 90.4 Å². The molecule has 0 unspecified atom stereocenters. The fourth-order valence-corrected chi connectivity index (χ4v) is 8.77. The molecule has 0 heterocycles. The second-order valence-corrected chi connectivity index (χ2v) is 15.1. The molecule has 0 radical (unpaired) electrons. The number of fused-ring (bicyclic) bond motifs is 1. The molecule has 47 heavy (non-hydrogen) atoms. The maximum absolute atomic E-state index is 13.1. The number of anilines is 1. The van der Waals surface area contributed by atoms with Crippen molar-refractivity contribution in [2.45, 2.75) is 32.2 Å². The zero-order chi connectivity index (χ0) is 34.2. The van der Waals surface area contributed by atoms with Gasteiger partial charge in [0, 0.05) is 18.8 Å². The van der Waals surface area contributed by atoms with E-state index < -0.39 is 18.0 Å². The third kappa shape index (κ3) is 9.94. The molecule has 0 aliphatic heterocycles. The highest BCUT2D eigenvalue weighted by Crippen LogP contribution is 2.37. The van der Waals surface area contributed by atoms with E-state index in [1.165, 1.54) is 6.07 Å². The van der Waals surface area contributed by atoms with Crippen molar-refractivity contribution < 1.29 is 34.4 Å². The van der Waals surface area contributed by atoms with Crippen molar-refractivity contribution in [3.8, 4) is 17.2 Å². The Hall–Kier alpha value is -2.17. The Morgan fingerprint density at radius 2 is 1.47 bits per heavy atom. The van der Waals surface area contributed by atoms with E-state index in [9.17, 15) is 29.7 Å². The minimum atomic E-state index is -1.29. The van der Waals surface area contributed by atoms with Gasteiger partial charge in [-0.2, -0.15) is 0 Å². The number of phenolic OH excluding ortho intramolecular Hbond substituents is 1. The average Bonchev–Trinajstić information content (AvgIpc) is 3.02. The number of nitrogens with one attached hydrogen (secondary N) is 3. The highest BCUT2D eigenvalue weighted by molar-refractivity contribution is 14.1. The molecule has 0 aromatic heterocycles. The number of halogens is 4. The summed E-state index contributed by atoms with van der Waals surface area (Å²) in [5.41, 5.74) is 1.21. The Morgan fingerprint density at radius 1 is 0.830 bits per heavy atom.